The maximum absolute atomic E-state index is 13.4. The largest absolute Gasteiger partial charge is 0.373 e. The van der Waals surface area contributed by atoms with Gasteiger partial charge in [0.05, 0.1) is 6.10 Å². The fourth-order valence-electron chi connectivity index (χ4n) is 2.34. The van der Waals surface area contributed by atoms with Crippen molar-refractivity contribution >= 4 is 11.6 Å². The van der Waals surface area contributed by atoms with Gasteiger partial charge < -0.3 is 10.1 Å². The van der Waals surface area contributed by atoms with E-state index < -0.39 is 0 Å². The quantitative estimate of drug-likeness (QED) is 0.904. The van der Waals surface area contributed by atoms with E-state index >= 15 is 0 Å². The first-order valence-corrected chi connectivity index (χ1v) is 6.75. The topological polar surface area (TPSA) is 21.3 Å². The fourth-order valence-corrected chi connectivity index (χ4v) is 2.57. The van der Waals surface area contributed by atoms with E-state index in [0.29, 0.717) is 17.0 Å². The molecule has 1 aromatic rings. The van der Waals surface area contributed by atoms with Crippen LogP contribution >= 0.6 is 11.6 Å². The number of hydrogen-bond donors (Lipinski definition) is 1. The molecule has 0 bridgehead atoms. The average molecular weight is 272 g/mol. The van der Waals surface area contributed by atoms with Gasteiger partial charge in [0.15, 0.2) is 0 Å². The van der Waals surface area contributed by atoms with Crippen molar-refractivity contribution in [3.63, 3.8) is 0 Å². The van der Waals surface area contributed by atoms with Gasteiger partial charge in [-0.15, -0.1) is 0 Å². The van der Waals surface area contributed by atoms with Gasteiger partial charge in [-0.25, -0.2) is 4.39 Å². The van der Waals surface area contributed by atoms with Gasteiger partial charge in [-0.1, -0.05) is 25.4 Å². The average Bonchev–Trinajstić information content (AvgIpc) is 2.72. The summed E-state index contributed by atoms with van der Waals surface area (Å²) < 4.78 is 19.1. The lowest BCUT2D eigenvalue weighted by Crippen LogP contribution is -2.30. The van der Waals surface area contributed by atoms with Crippen LogP contribution in [0.5, 0.6) is 0 Å². The zero-order valence-electron chi connectivity index (χ0n) is 10.7. The maximum Gasteiger partial charge on any atom is 0.125 e. The zero-order valence-corrected chi connectivity index (χ0v) is 11.5. The summed E-state index contributed by atoms with van der Waals surface area (Å²) in [6.45, 7) is 5.84. The lowest BCUT2D eigenvalue weighted by atomic mass is 9.95. The van der Waals surface area contributed by atoms with Gasteiger partial charge in [-0.05, 0) is 30.2 Å². The molecule has 1 fully saturated rings. The highest BCUT2D eigenvalue weighted by molar-refractivity contribution is 6.30. The van der Waals surface area contributed by atoms with E-state index in [0.717, 1.165) is 25.1 Å². The molecule has 2 unspecified atom stereocenters. The molecule has 1 aliphatic heterocycles. The van der Waals surface area contributed by atoms with Crippen LogP contribution in [-0.2, 0) is 4.74 Å². The van der Waals surface area contributed by atoms with Crippen molar-refractivity contribution in [3.8, 4) is 0 Å². The molecule has 2 rings (SSSR count). The van der Waals surface area contributed by atoms with Crippen LogP contribution in [0.15, 0.2) is 18.2 Å². The molecule has 4 heteroatoms. The van der Waals surface area contributed by atoms with Crippen molar-refractivity contribution in [1.29, 1.82) is 0 Å². The second-order valence-electron chi connectivity index (χ2n) is 5.11. The van der Waals surface area contributed by atoms with Crippen LogP contribution in [0.4, 0.5) is 4.39 Å². The van der Waals surface area contributed by atoms with Crippen LogP contribution in [0.25, 0.3) is 0 Å². The second-order valence-corrected chi connectivity index (χ2v) is 5.54. The fraction of sp³-hybridized carbons (Fsp3) is 0.571. The highest BCUT2D eigenvalue weighted by Gasteiger charge is 2.30. The van der Waals surface area contributed by atoms with Crippen molar-refractivity contribution in [2.75, 3.05) is 13.2 Å². The van der Waals surface area contributed by atoms with Crippen molar-refractivity contribution < 1.29 is 9.13 Å². The third-order valence-corrected chi connectivity index (χ3v) is 3.43. The Morgan fingerprint density at radius 3 is 2.89 bits per heavy atom. The Morgan fingerprint density at radius 2 is 2.22 bits per heavy atom. The highest BCUT2D eigenvalue weighted by atomic mass is 35.5. The first-order valence-electron chi connectivity index (χ1n) is 6.37. The number of rotatable bonds is 4. The summed E-state index contributed by atoms with van der Waals surface area (Å²) in [6.07, 6.45) is 0.947. The number of benzene rings is 1. The summed E-state index contributed by atoms with van der Waals surface area (Å²) in [5, 5.41) is 3.84. The summed E-state index contributed by atoms with van der Waals surface area (Å²) in [7, 11) is 0. The van der Waals surface area contributed by atoms with E-state index in [9.17, 15) is 4.39 Å². The molecule has 0 saturated carbocycles. The Labute approximate surface area is 112 Å². The molecular weight excluding hydrogens is 253 g/mol. The first-order chi connectivity index (χ1) is 8.56. The van der Waals surface area contributed by atoms with Gasteiger partial charge in [0.25, 0.3) is 0 Å². The minimum absolute atomic E-state index is 0.0514. The molecule has 1 aromatic carbocycles. The van der Waals surface area contributed by atoms with E-state index in [-0.39, 0.29) is 11.9 Å². The Hall–Kier alpha value is -0.640. The molecule has 0 amide bonds. The molecule has 0 aromatic heterocycles. The molecule has 1 aliphatic rings. The molecule has 2 atom stereocenters. The lowest BCUT2D eigenvalue weighted by molar-refractivity contribution is 0.0898. The summed E-state index contributed by atoms with van der Waals surface area (Å²) in [6, 6.07) is 5.08. The number of hydrogen-bond acceptors (Lipinski definition) is 2. The van der Waals surface area contributed by atoms with Crippen LogP contribution < -0.4 is 5.32 Å². The van der Waals surface area contributed by atoms with E-state index in [1.807, 2.05) is 0 Å². The minimum Gasteiger partial charge on any atom is -0.373 e. The van der Waals surface area contributed by atoms with Gasteiger partial charge >= 0.3 is 0 Å². The molecule has 0 aliphatic carbocycles. The molecule has 18 heavy (non-hydrogen) atoms. The minimum atomic E-state index is -0.302. The molecular formula is C14H19ClFNO. The molecule has 100 valence electrons. The zero-order chi connectivity index (χ0) is 13.1. The van der Waals surface area contributed by atoms with E-state index in [2.05, 4.69) is 19.2 Å². The maximum atomic E-state index is 13.4. The molecule has 1 saturated heterocycles. The molecule has 0 radical (unpaired) electrons. The van der Waals surface area contributed by atoms with Gasteiger partial charge in [-0.3, -0.25) is 0 Å². The normalized spacial score (nSPS) is 23.8. The first kappa shape index (κ1) is 13.8. The van der Waals surface area contributed by atoms with Crippen LogP contribution in [0.1, 0.15) is 31.9 Å². The van der Waals surface area contributed by atoms with Crippen molar-refractivity contribution in [2.24, 2.45) is 5.92 Å². The predicted octanol–water partition coefficient (Wildman–Crippen LogP) is 3.55. The highest BCUT2D eigenvalue weighted by Crippen LogP contribution is 2.35. The van der Waals surface area contributed by atoms with E-state index in [1.165, 1.54) is 12.1 Å². The van der Waals surface area contributed by atoms with Gasteiger partial charge in [0, 0.05) is 30.1 Å². The van der Waals surface area contributed by atoms with Crippen molar-refractivity contribution in [3.05, 3.63) is 34.6 Å². The third-order valence-electron chi connectivity index (χ3n) is 3.22. The standard InChI is InChI=1S/C14H19ClFNO/c1-9(2)17-8-10-3-4-18-14(10)11-5-12(15)7-13(16)6-11/h5-7,9-10,14,17H,3-4,8H2,1-2H3. The summed E-state index contributed by atoms with van der Waals surface area (Å²) in [5.41, 5.74) is 0.841. The lowest BCUT2D eigenvalue weighted by Gasteiger charge is -2.21. The third kappa shape index (κ3) is 3.44. The van der Waals surface area contributed by atoms with Crippen molar-refractivity contribution in [2.45, 2.75) is 32.4 Å². The second kappa shape index (κ2) is 6.00. The van der Waals surface area contributed by atoms with E-state index in [1.54, 1.807) is 6.07 Å². The smallest absolute Gasteiger partial charge is 0.125 e. The SMILES string of the molecule is CC(C)NCC1CCOC1c1cc(F)cc(Cl)c1. The monoisotopic (exact) mass is 271 g/mol. The van der Waals surface area contributed by atoms with Crippen LogP contribution in [0.2, 0.25) is 5.02 Å². The number of nitrogens with one attached hydrogen (secondary N) is 1. The summed E-state index contributed by atoms with van der Waals surface area (Å²) in [4.78, 5) is 0. The summed E-state index contributed by atoms with van der Waals surface area (Å²) >= 11 is 5.89. The van der Waals surface area contributed by atoms with Crippen LogP contribution in [0, 0.1) is 11.7 Å². The predicted molar refractivity (Wildman–Crippen MR) is 71.3 cm³/mol. The Morgan fingerprint density at radius 1 is 1.44 bits per heavy atom. The Bertz CT molecular complexity index is 391. The van der Waals surface area contributed by atoms with Crippen LogP contribution in [-0.4, -0.2) is 19.2 Å². The molecule has 2 nitrogen and oxygen atoms in total. The van der Waals surface area contributed by atoms with Gasteiger partial charge in [0.1, 0.15) is 5.82 Å². The molecule has 1 heterocycles. The molecule has 0 spiro atoms. The van der Waals surface area contributed by atoms with Gasteiger partial charge in [0.2, 0.25) is 0 Å². The van der Waals surface area contributed by atoms with Crippen LogP contribution in [0.3, 0.4) is 0 Å². The molecule has 1 N–H and O–H groups in total. The Kier molecular flexibility index (Phi) is 4.60. The number of ether oxygens (including phenoxy) is 1. The van der Waals surface area contributed by atoms with Crippen molar-refractivity contribution in [1.82, 2.24) is 5.32 Å². The summed E-state index contributed by atoms with van der Waals surface area (Å²) in [5.74, 6) is 0.0776. The van der Waals surface area contributed by atoms with Gasteiger partial charge in [-0.2, -0.15) is 0 Å². The Balaban J connectivity index is 2.10. The van der Waals surface area contributed by atoms with E-state index in [4.69, 9.17) is 16.3 Å². The number of halogens is 2.